The van der Waals surface area contributed by atoms with E-state index in [4.69, 9.17) is 26.1 Å². The third kappa shape index (κ3) is 4.10. The zero-order chi connectivity index (χ0) is 21.3. The Balaban J connectivity index is 1.56. The topological polar surface area (TPSA) is 67.5 Å². The van der Waals surface area contributed by atoms with E-state index >= 15 is 0 Å². The van der Waals surface area contributed by atoms with Crippen LogP contribution in [0.15, 0.2) is 36.4 Å². The van der Waals surface area contributed by atoms with Crippen molar-refractivity contribution in [2.24, 2.45) is 0 Å². The number of methoxy groups -OCH3 is 1. The van der Waals surface area contributed by atoms with Gasteiger partial charge in [-0.05, 0) is 51.0 Å². The van der Waals surface area contributed by atoms with E-state index in [-0.39, 0.29) is 17.9 Å². The van der Waals surface area contributed by atoms with Crippen LogP contribution in [0, 0.1) is 0 Å². The van der Waals surface area contributed by atoms with E-state index in [0.29, 0.717) is 35.2 Å². The van der Waals surface area contributed by atoms with Crippen molar-refractivity contribution in [2.45, 2.75) is 38.7 Å². The van der Waals surface area contributed by atoms with Gasteiger partial charge in [0.1, 0.15) is 5.82 Å². The third-order valence-electron chi connectivity index (χ3n) is 5.33. The van der Waals surface area contributed by atoms with E-state index in [1.807, 2.05) is 43.0 Å². The number of piperidine rings is 1. The number of hydrogen-bond acceptors (Lipinski definition) is 4. The van der Waals surface area contributed by atoms with Gasteiger partial charge in [-0.1, -0.05) is 23.7 Å². The van der Waals surface area contributed by atoms with E-state index in [0.717, 1.165) is 29.7 Å². The Labute approximate surface area is 181 Å². The molecule has 7 heteroatoms. The molecule has 0 radical (unpaired) electrons. The van der Waals surface area contributed by atoms with Gasteiger partial charge in [0.2, 0.25) is 0 Å². The first-order valence-electron chi connectivity index (χ1n) is 10.2. The highest BCUT2D eigenvalue weighted by molar-refractivity contribution is 6.32. The summed E-state index contributed by atoms with van der Waals surface area (Å²) in [5.41, 5.74) is 2.47. The standard InChI is InChI=1S/C23H26ClN3O3/c1-14(2)30-21-17(24)11-16(12-20(21)29-3)23(28)27-10-6-7-15(13-27)22-25-18-8-4-5-9-19(18)26-22/h4-5,8-9,11-12,14-15H,6-7,10,13H2,1-3H3,(H,25,26). The maximum absolute atomic E-state index is 13.2. The number of nitrogens with one attached hydrogen (secondary N) is 1. The number of likely N-dealkylation sites (tertiary alicyclic amines) is 1. The highest BCUT2D eigenvalue weighted by atomic mass is 35.5. The molecule has 0 aliphatic carbocycles. The Bertz CT molecular complexity index is 1030. The number of rotatable bonds is 5. The van der Waals surface area contributed by atoms with Crippen LogP contribution >= 0.6 is 11.6 Å². The van der Waals surface area contributed by atoms with E-state index < -0.39 is 0 Å². The molecule has 30 heavy (non-hydrogen) atoms. The Morgan fingerprint density at radius 2 is 2.10 bits per heavy atom. The summed E-state index contributed by atoms with van der Waals surface area (Å²) in [5, 5.41) is 0.372. The van der Waals surface area contributed by atoms with Crippen LogP contribution in [-0.2, 0) is 0 Å². The molecule has 1 aliphatic rings. The Morgan fingerprint density at radius 3 is 2.83 bits per heavy atom. The molecular weight excluding hydrogens is 402 g/mol. The summed E-state index contributed by atoms with van der Waals surface area (Å²) >= 11 is 6.42. The monoisotopic (exact) mass is 427 g/mol. The Hall–Kier alpha value is -2.73. The number of carbonyl (C=O) groups excluding carboxylic acids is 1. The molecule has 2 heterocycles. The van der Waals surface area contributed by atoms with Crippen molar-refractivity contribution in [1.82, 2.24) is 14.9 Å². The van der Waals surface area contributed by atoms with Gasteiger partial charge < -0.3 is 19.4 Å². The van der Waals surface area contributed by atoms with Gasteiger partial charge in [-0.15, -0.1) is 0 Å². The lowest BCUT2D eigenvalue weighted by Gasteiger charge is -2.32. The first-order chi connectivity index (χ1) is 14.5. The number of imidazole rings is 1. The van der Waals surface area contributed by atoms with Crippen LogP contribution in [0.2, 0.25) is 5.02 Å². The molecule has 1 amide bonds. The summed E-state index contributed by atoms with van der Waals surface area (Å²) in [6.07, 6.45) is 1.87. The fourth-order valence-corrected chi connectivity index (χ4v) is 4.18. The molecule has 6 nitrogen and oxygen atoms in total. The number of carbonyl (C=O) groups is 1. The van der Waals surface area contributed by atoms with Crippen molar-refractivity contribution < 1.29 is 14.3 Å². The number of hydrogen-bond donors (Lipinski definition) is 1. The van der Waals surface area contributed by atoms with Crippen LogP contribution < -0.4 is 9.47 Å². The van der Waals surface area contributed by atoms with Crippen LogP contribution in [-0.4, -0.2) is 47.1 Å². The lowest BCUT2D eigenvalue weighted by atomic mass is 9.96. The van der Waals surface area contributed by atoms with Gasteiger partial charge in [-0.25, -0.2) is 4.98 Å². The zero-order valence-corrected chi connectivity index (χ0v) is 18.2. The molecule has 158 valence electrons. The lowest BCUT2D eigenvalue weighted by molar-refractivity contribution is 0.0704. The van der Waals surface area contributed by atoms with Gasteiger partial charge in [-0.3, -0.25) is 4.79 Å². The first kappa shape index (κ1) is 20.5. The molecule has 1 atom stereocenters. The highest BCUT2D eigenvalue weighted by Gasteiger charge is 2.28. The number of para-hydroxylation sites is 2. The average Bonchev–Trinajstić information content (AvgIpc) is 3.18. The molecule has 1 aliphatic heterocycles. The van der Waals surface area contributed by atoms with E-state index in [2.05, 4.69) is 4.98 Å². The molecule has 0 saturated carbocycles. The summed E-state index contributed by atoms with van der Waals surface area (Å²) < 4.78 is 11.2. The molecular formula is C23H26ClN3O3. The van der Waals surface area contributed by atoms with Crippen molar-refractivity contribution in [2.75, 3.05) is 20.2 Å². The Morgan fingerprint density at radius 1 is 1.30 bits per heavy atom. The van der Waals surface area contributed by atoms with Gasteiger partial charge in [-0.2, -0.15) is 0 Å². The van der Waals surface area contributed by atoms with E-state index in [9.17, 15) is 4.79 Å². The summed E-state index contributed by atoms with van der Waals surface area (Å²) in [4.78, 5) is 23.3. The number of amides is 1. The van der Waals surface area contributed by atoms with Crippen LogP contribution in [0.1, 0.15) is 48.8 Å². The van der Waals surface area contributed by atoms with Crippen molar-refractivity contribution in [3.63, 3.8) is 0 Å². The lowest BCUT2D eigenvalue weighted by Crippen LogP contribution is -2.39. The first-order valence-corrected chi connectivity index (χ1v) is 10.6. The number of benzene rings is 2. The predicted octanol–water partition coefficient (Wildman–Crippen LogP) is 5.03. The van der Waals surface area contributed by atoms with Gasteiger partial charge in [0.05, 0.1) is 29.3 Å². The second-order valence-corrected chi connectivity index (χ2v) is 8.29. The number of aromatic amines is 1. The van der Waals surface area contributed by atoms with Crippen LogP contribution in [0.25, 0.3) is 11.0 Å². The summed E-state index contributed by atoms with van der Waals surface area (Å²) in [6, 6.07) is 11.4. The number of nitrogens with zero attached hydrogens (tertiary/aromatic N) is 2. The van der Waals surface area contributed by atoms with E-state index in [1.165, 1.54) is 0 Å². The zero-order valence-electron chi connectivity index (χ0n) is 17.4. The maximum atomic E-state index is 13.2. The molecule has 1 fully saturated rings. The predicted molar refractivity (Wildman–Crippen MR) is 118 cm³/mol. The highest BCUT2D eigenvalue weighted by Crippen LogP contribution is 2.38. The smallest absolute Gasteiger partial charge is 0.254 e. The maximum Gasteiger partial charge on any atom is 0.254 e. The molecule has 4 rings (SSSR count). The summed E-state index contributed by atoms with van der Waals surface area (Å²) in [7, 11) is 1.55. The minimum absolute atomic E-state index is 0.0513. The van der Waals surface area contributed by atoms with E-state index in [1.54, 1.807) is 19.2 Å². The minimum Gasteiger partial charge on any atom is -0.493 e. The van der Waals surface area contributed by atoms with Gasteiger partial charge in [0, 0.05) is 24.6 Å². The summed E-state index contributed by atoms with van der Waals surface area (Å²) in [5.74, 6) is 1.98. The molecule has 3 aromatic rings. The summed E-state index contributed by atoms with van der Waals surface area (Å²) in [6.45, 7) is 5.16. The van der Waals surface area contributed by atoms with Crippen molar-refractivity contribution in [3.05, 3.63) is 52.8 Å². The fourth-order valence-electron chi connectivity index (χ4n) is 3.93. The molecule has 1 saturated heterocycles. The normalized spacial score (nSPS) is 16.8. The second kappa shape index (κ2) is 8.56. The molecule has 1 aromatic heterocycles. The van der Waals surface area contributed by atoms with Crippen molar-refractivity contribution in [3.8, 4) is 11.5 Å². The van der Waals surface area contributed by atoms with Crippen molar-refractivity contribution >= 4 is 28.5 Å². The molecule has 1 N–H and O–H groups in total. The average molecular weight is 428 g/mol. The van der Waals surface area contributed by atoms with Gasteiger partial charge in [0.25, 0.3) is 5.91 Å². The van der Waals surface area contributed by atoms with Gasteiger partial charge in [0.15, 0.2) is 11.5 Å². The van der Waals surface area contributed by atoms with Crippen LogP contribution in [0.3, 0.4) is 0 Å². The number of ether oxygens (including phenoxy) is 2. The largest absolute Gasteiger partial charge is 0.493 e. The van der Waals surface area contributed by atoms with Crippen LogP contribution in [0.5, 0.6) is 11.5 Å². The van der Waals surface area contributed by atoms with Gasteiger partial charge >= 0.3 is 0 Å². The molecule has 1 unspecified atom stereocenters. The fraction of sp³-hybridized carbons (Fsp3) is 0.391. The SMILES string of the molecule is COc1cc(C(=O)N2CCCC(c3nc4ccccc4[nH]3)C2)cc(Cl)c1OC(C)C. The second-order valence-electron chi connectivity index (χ2n) is 7.89. The minimum atomic E-state index is -0.0629. The number of aromatic nitrogens is 2. The molecule has 0 bridgehead atoms. The number of halogens is 1. The number of H-pyrrole nitrogens is 1. The van der Waals surface area contributed by atoms with Crippen molar-refractivity contribution in [1.29, 1.82) is 0 Å². The van der Waals surface area contributed by atoms with Crippen LogP contribution in [0.4, 0.5) is 0 Å². The third-order valence-corrected chi connectivity index (χ3v) is 5.61. The molecule has 0 spiro atoms. The Kier molecular flexibility index (Phi) is 5.86. The quantitative estimate of drug-likeness (QED) is 0.620. The molecule has 2 aromatic carbocycles. The number of fused-ring (bicyclic) bond motifs is 1.